The van der Waals surface area contributed by atoms with E-state index in [0.717, 1.165) is 38.5 Å². The molecule has 0 unspecified atom stereocenters. The summed E-state index contributed by atoms with van der Waals surface area (Å²) in [6.45, 7) is 4.80. The van der Waals surface area contributed by atoms with E-state index in [0.29, 0.717) is 17.5 Å². The SMILES string of the molecule is CCN1CCC[C@@H](Nc2nnc(-c3ccc(C(F)(F)F)cc3C(F)(F)F)c3cccn23)C1. The second kappa shape index (κ2) is 8.27. The highest BCUT2D eigenvalue weighted by Gasteiger charge is 2.39. The van der Waals surface area contributed by atoms with Crippen molar-refractivity contribution < 1.29 is 26.3 Å². The van der Waals surface area contributed by atoms with Gasteiger partial charge in [0.15, 0.2) is 0 Å². The van der Waals surface area contributed by atoms with Gasteiger partial charge in [-0.1, -0.05) is 13.0 Å². The van der Waals surface area contributed by atoms with Crippen molar-refractivity contribution in [2.45, 2.75) is 38.2 Å². The molecule has 172 valence electrons. The van der Waals surface area contributed by atoms with Gasteiger partial charge in [-0.25, -0.2) is 0 Å². The molecule has 11 heteroatoms. The largest absolute Gasteiger partial charge is 0.417 e. The molecule has 1 fully saturated rings. The summed E-state index contributed by atoms with van der Waals surface area (Å²) in [6, 6.07) is 4.83. The van der Waals surface area contributed by atoms with E-state index >= 15 is 0 Å². The van der Waals surface area contributed by atoms with Crippen LogP contribution in [0.5, 0.6) is 0 Å². The summed E-state index contributed by atoms with van der Waals surface area (Å²) in [5, 5.41) is 11.4. The van der Waals surface area contributed by atoms with E-state index in [1.165, 1.54) is 0 Å². The topological polar surface area (TPSA) is 45.5 Å². The number of hydrogen-bond donors (Lipinski definition) is 1. The number of nitrogens with one attached hydrogen (secondary N) is 1. The lowest BCUT2D eigenvalue weighted by molar-refractivity contribution is -0.142. The van der Waals surface area contributed by atoms with Crippen LogP contribution in [0.15, 0.2) is 36.5 Å². The summed E-state index contributed by atoms with van der Waals surface area (Å²) in [4.78, 5) is 2.29. The van der Waals surface area contributed by atoms with E-state index in [9.17, 15) is 26.3 Å². The molecule has 4 rings (SSSR count). The summed E-state index contributed by atoms with van der Waals surface area (Å²) in [5.74, 6) is 0.372. The molecule has 3 aromatic rings. The van der Waals surface area contributed by atoms with E-state index < -0.39 is 29.0 Å². The number of halogens is 6. The molecule has 0 saturated carbocycles. The van der Waals surface area contributed by atoms with Crippen LogP contribution < -0.4 is 5.32 Å². The molecule has 0 bridgehead atoms. The Balaban J connectivity index is 1.75. The summed E-state index contributed by atoms with van der Waals surface area (Å²) in [6.07, 6.45) is -6.33. The number of piperidine rings is 1. The summed E-state index contributed by atoms with van der Waals surface area (Å²) >= 11 is 0. The summed E-state index contributed by atoms with van der Waals surface area (Å²) in [7, 11) is 0. The molecule has 32 heavy (non-hydrogen) atoms. The fourth-order valence-electron chi connectivity index (χ4n) is 4.05. The van der Waals surface area contributed by atoms with Crippen LogP contribution in [0.25, 0.3) is 16.8 Å². The lowest BCUT2D eigenvalue weighted by Gasteiger charge is -2.32. The predicted molar refractivity (Wildman–Crippen MR) is 107 cm³/mol. The van der Waals surface area contributed by atoms with E-state index in [4.69, 9.17) is 0 Å². The highest BCUT2D eigenvalue weighted by atomic mass is 19.4. The Kier molecular flexibility index (Phi) is 5.78. The smallest absolute Gasteiger partial charge is 0.350 e. The molecule has 0 spiro atoms. The minimum atomic E-state index is -5.00. The zero-order chi connectivity index (χ0) is 23.1. The van der Waals surface area contributed by atoms with Crippen molar-refractivity contribution in [1.82, 2.24) is 19.5 Å². The Morgan fingerprint density at radius 3 is 2.53 bits per heavy atom. The first-order valence-corrected chi connectivity index (χ1v) is 10.2. The molecule has 0 amide bonds. The Hall–Kier alpha value is -2.82. The number of hydrogen-bond acceptors (Lipinski definition) is 4. The maximum atomic E-state index is 13.6. The fourth-order valence-corrected chi connectivity index (χ4v) is 4.05. The summed E-state index contributed by atoms with van der Waals surface area (Å²) < 4.78 is 81.6. The zero-order valence-corrected chi connectivity index (χ0v) is 17.1. The van der Waals surface area contributed by atoms with Crippen molar-refractivity contribution in [2.24, 2.45) is 0 Å². The maximum absolute atomic E-state index is 13.6. The van der Waals surface area contributed by atoms with Gasteiger partial charge in [0.1, 0.15) is 5.69 Å². The lowest BCUT2D eigenvalue weighted by atomic mass is 10.00. The van der Waals surface area contributed by atoms with Crippen LogP contribution in [-0.2, 0) is 12.4 Å². The quantitative estimate of drug-likeness (QED) is 0.538. The van der Waals surface area contributed by atoms with Gasteiger partial charge in [0.2, 0.25) is 5.95 Å². The number of likely N-dealkylation sites (N-methyl/N-ethyl adjacent to an activating group) is 1. The van der Waals surface area contributed by atoms with Gasteiger partial charge in [-0.2, -0.15) is 26.3 Å². The number of anilines is 1. The molecule has 1 aromatic carbocycles. The number of nitrogens with zero attached hydrogens (tertiary/aromatic N) is 4. The first-order valence-electron chi connectivity index (χ1n) is 10.2. The van der Waals surface area contributed by atoms with Crippen molar-refractivity contribution in [3.63, 3.8) is 0 Å². The van der Waals surface area contributed by atoms with E-state index in [1.54, 1.807) is 22.7 Å². The third kappa shape index (κ3) is 4.38. The molecule has 3 heterocycles. The van der Waals surface area contributed by atoms with Crippen LogP contribution in [0.3, 0.4) is 0 Å². The van der Waals surface area contributed by atoms with Crippen molar-refractivity contribution in [1.29, 1.82) is 0 Å². The average Bonchev–Trinajstić information content (AvgIpc) is 3.23. The van der Waals surface area contributed by atoms with Gasteiger partial charge in [-0.3, -0.25) is 4.40 Å². The Bertz CT molecular complexity index is 1100. The molecular formula is C21H21F6N5. The lowest BCUT2D eigenvalue weighted by Crippen LogP contribution is -2.42. The molecule has 0 aliphatic carbocycles. The first-order chi connectivity index (χ1) is 15.1. The normalized spacial score (nSPS) is 18.3. The number of fused-ring (bicyclic) bond motifs is 1. The summed E-state index contributed by atoms with van der Waals surface area (Å²) in [5.41, 5.74) is -3.06. The molecule has 1 N–H and O–H groups in total. The van der Waals surface area contributed by atoms with Crippen molar-refractivity contribution >= 4 is 11.5 Å². The molecule has 1 saturated heterocycles. The van der Waals surface area contributed by atoms with Gasteiger partial charge < -0.3 is 10.2 Å². The van der Waals surface area contributed by atoms with Gasteiger partial charge in [0, 0.05) is 24.3 Å². The van der Waals surface area contributed by atoms with Crippen LogP contribution in [0.2, 0.25) is 0 Å². The van der Waals surface area contributed by atoms with E-state index in [-0.39, 0.29) is 17.8 Å². The van der Waals surface area contributed by atoms with Gasteiger partial charge in [0.25, 0.3) is 0 Å². The zero-order valence-electron chi connectivity index (χ0n) is 17.1. The highest BCUT2D eigenvalue weighted by Crippen LogP contribution is 2.41. The molecule has 2 aromatic heterocycles. The third-order valence-corrected chi connectivity index (χ3v) is 5.66. The van der Waals surface area contributed by atoms with Crippen molar-refractivity contribution in [3.8, 4) is 11.3 Å². The maximum Gasteiger partial charge on any atom is 0.417 e. The minimum absolute atomic E-state index is 0.103. The average molecular weight is 457 g/mol. The molecular weight excluding hydrogens is 436 g/mol. The number of likely N-dealkylation sites (tertiary alicyclic amines) is 1. The Morgan fingerprint density at radius 2 is 1.84 bits per heavy atom. The minimum Gasteiger partial charge on any atom is -0.350 e. The van der Waals surface area contributed by atoms with Crippen LogP contribution in [0.1, 0.15) is 30.9 Å². The molecule has 0 radical (unpaired) electrons. The number of aromatic nitrogens is 3. The second-order valence-electron chi connectivity index (χ2n) is 7.77. The standard InChI is InChI=1S/C21H21F6N5/c1-2-31-9-3-5-14(12-31)28-19-30-29-18(17-6-4-10-32(17)19)15-8-7-13(20(22,23)24)11-16(15)21(25,26)27/h4,6-8,10-11,14H,2-3,5,9,12H2,1H3,(H,28,30)/t14-/m1/s1. The van der Waals surface area contributed by atoms with Crippen LogP contribution in [0.4, 0.5) is 32.3 Å². The Labute approximate surface area is 180 Å². The van der Waals surface area contributed by atoms with Crippen molar-refractivity contribution in [2.75, 3.05) is 25.0 Å². The van der Waals surface area contributed by atoms with Crippen LogP contribution in [-0.4, -0.2) is 45.2 Å². The highest BCUT2D eigenvalue weighted by molar-refractivity contribution is 5.80. The molecule has 1 aliphatic rings. The first kappa shape index (κ1) is 22.4. The molecule has 5 nitrogen and oxygen atoms in total. The molecule has 1 atom stereocenters. The number of benzene rings is 1. The molecule has 1 aliphatic heterocycles. The Morgan fingerprint density at radius 1 is 1.06 bits per heavy atom. The predicted octanol–water partition coefficient (Wildman–Crippen LogP) is 5.33. The van der Waals surface area contributed by atoms with E-state index in [2.05, 4.69) is 27.3 Å². The third-order valence-electron chi connectivity index (χ3n) is 5.66. The van der Waals surface area contributed by atoms with E-state index in [1.807, 2.05) is 0 Å². The van der Waals surface area contributed by atoms with Gasteiger partial charge >= 0.3 is 12.4 Å². The van der Waals surface area contributed by atoms with Crippen LogP contribution >= 0.6 is 0 Å². The van der Waals surface area contributed by atoms with Gasteiger partial charge in [-0.15, -0.1) is 10.2 Å². The fraction of sp³-hybridized carbons (Fsp3) is 0.429. The second-order valence-corrected chi connectivity index (χ2v) is 7.77. The van der Waals surface area contributed by atoms with Gasteiger partial charge in [0.05, 0.1) is 16.6 Å². The number of rotatable bonds is 4. The monoisotopic (exact) mass is 457 g/mol. The van der Waals surface area contributed by atoms with Crippen LogP contribution in [0, 0.1) is 0 Å². The van der Waals surface area contributed by atoms with Gasteiger partial charge in [-0.05, 0) is 50.2 Å². The number of alkyl halides is 6. The van der Waals surface area contributed by atoms with Crippen molar-refractivity contribution in [3.05, 3.63) is 47.7 Å².